The molecule has 4 nitrogen and oxygen atoms in total. The van der Waals surface area contributed by atoms with Crippen LogP contribution in [0.2, 0.25) is 0 Å². The summed E-state index contributed by atoms with van der Waals surface area (Å²) in [7, 11) is 1.73. The summed E-state index contributed by atoms with van der Waals surface area (Å²) in [4.78, 5) is 24.1. The van der Waals surface area contributed by atoms with E-state index >= 15 is 0 Å². The highest BCUT2D eigenvalue weighted by Gasteiger charge is 2.07. The molecule has 0 unspecified atom stereocenters. The van der Waals surface area contributed by atoms with Crippen molar-refractivity contribution in [2.24, 2.45) is 0 Å². The summed E-state index contributed by atoms with van der Waals surface area (Å²) in [5, 5.41) is 0. The minimum atomic E-state index is -0.0665. The van der Waals surface area contributed by atoms with Crippen LogP contribution in [0.25, 0.3) is 0 Å². The molecule has 4 heteroatoms. The van der Waals surface area contributed by atoms with Gasteiger partial charge in [0.1, 0.15) is 5.75 Å². The molecule has 0 radical (unpaired) electrons. The second kappa shape index (κ2) is 6.03. The fourth-order valence-corrected chi connectivity index (χ4v) is 1.22. The molecule has 0 fully saturated rings. The lowest BCUT2D eigenvalue weighted by molar-refractivity contribution is -0.131. The van der Waals surface area contributed by atoms with Crippen molar-refractivity contribution in [3.8, 4) is 5.75 Å². The van der Waals surface area contributed by atoms with Gasteiger partial charge in [0.05, 0.1) is 0 Å². The molecular weight excluding hydrogens is 218 g/mol. The molecule has 1 rings (SSSR count). The van der Waals surface area contributed by atoms with E-state index in [9.17, 15) is 9.59 Å². The molecule has 1 aromatic rings. The highest BCUT2D eigenvalue weighted by Crippen LogP contribution is 2.12. The topological polar surface area (TPSA) is 46.6 Å². The van der Waals surface area contributed by atoms with Crippen LogP contribution in [0.15, 0.2) is 24.3 Å². The van der Waals surface area contributed by atoms with Crippen LogP contribution in [0.4, 0.5) is 0 Å². The fraction of sp³-hybridized carbons (Fsp3) is 0.385. The van der Waals surface area contributed by atoms with Crippen LogP contribution in [0.1, 0.15) is 24.2 Å². The van der Waals surface area contributed by atoms with E-state index in [0.717, 1.165) is 0 Å². The lowest BCUT2D eigenvalue weighted by atomic mass is 10.1. The van der Waals surface area contributed by atoms with Gasteiger partial charge in [0.25, 0.3) is 5.91 Å². The number of rotatable bonds is 5. The summed E-state index contributed by atoms with van der Waals surface area (Å²) in [6.07, 6.45) is 0. The quantitative estimate of drug-likeness (QED) is 0.730. The molecule has 0 saturated carbocycles. The summed E-state index contributed by atoms with van der Waals surface area (Å²) in [6.45, 7) is 4.09. The van der Waals surface area contributed by atoms with Crippen LogP contribution < -0.4 is 4.74 Å². The van der Waals surface area contributed by atoms with Gasteiger partial charge in [-0.05, 0) is 38.1 Å². The first-order valence-corrected chi connectivity index (χ1v) is 5.52. The highest BCUT2D eigenvalue weighted by atomic mass is 16.5. The summed E-state index contributed by atoms with van der Waals surface area (Å²) in [5.74, 6) is 0.536. The van der Waals surface area contributed by atoms with Gasteiger partial charge in [0, 0.05) is 19.2 Å². The molecule has 17 heavy (non-hydrogen) atoms. The van der Waals surface area contributed by atoms with Crippen LogP contribution in [-0.4, -0.2) is 36.8 Å². The highest BCUT2D eigenvalue weighted by molar-refractivity contribution is 5.94. The number of ketones is 1. The van der Waals surface area contributed by atoms with Crippen LogP contribution in [-0.2, 0) is 4.79 Å². The zero-order valence-corrected chi connectivity index (χ0v) is 10.4. The average molecular weight is 235 g/mol. The summed E-state index contributed by atoms with van der Waals surface area (Å²) < 4.78 is 5.32. The van der Waals surface area contributed by atoms with Gasteiger partial charge >= 0.3 is 0 Å². The van der Waals surface area contributed by atoms with Crippen molar-refractivity contribution in [2.45, 2.75) is 13.8 Å². The molecule has 0 aliphatic carbocycles. The number of benzene rings is 1. The largest absolute Gasteiger partial charge is 0.484 e. The van der Waals surface area contributed by atoms with Crippen LogP contribution in [0, 0.1) is 0 Å². The van der Waals surface area contributed by atoms with Gasteiger partial charge in [0.15, 0.2) is 12.4 Å². The number of likely N-dealkylation sites (N-methyl/N-ethyl adjacent to an activating group) is 1. The maximum atomic E-state index is 11.5. The van der Waals surface area contributed by atoms with E-state index in [1.54, 1.807) is 36.2 Å². The Hall–Kier alpha value is -1.84. The lowest BCUT2D eigenvalue weighted by Crippen LogP contribution is -2.31. The van der Waals surface area contributed by atoms with Crippen LogP contribution in [0.3, 0.4) is 0 Å². The SMILES string of the molecule is CCN(C)C(=O)COc1ccc(C(C)=O)cc1. The Balaban J connectivity index is 2.53. The van der Waals surface area contributed by atoms with E-state index < -0.39 is 0 Å². The Labute approximate surface area is 101 Å². The Morgan fingerprint density at radius 1 is 1.24 bits per heavy atom. The molecule has 0 N–H and O–H groups in total. The third kappa shape index (κ3) is 3.90. The van der Waals surface area contributed by atoms with Gasteiger partial charge < -0.3 is 9.64 Å². The molecule has 0 atom stereocenters. The van der Waals surface area contributed by atoms with Crippen molar-refractivity contribution in [3.63, 3.8) is 0 Å². The summed E-state index contributed by atoms with van der Waals surface area (Å²) >= 11 is 0. The second-order valence-corrected chi connectivity index (χ2v) is 3.78. The number of nitrogens with zero attached hydrogens (tertiary/aromatic N) is 1. The molecule has 0 spiro atoms. The third-order valence-electron chi connectivity index (χ3n) is 2.52. The minimum Gasteiger partial charge on any atom is -0.484 e. The van der Waals surface area contributed by atoms with Crippen molar-refractivity contribution >= 4 is 11.7 Å². The molecule has 92 valence electrons. The number of ether oxygens (including phenoxy) is 1. The van der Waals surface area contributed by atoms with E-state index in [2.05, 4.69) is 0 Å². The summed E-state index contributed by atoms with van der Waals surface area (Å²) in [6, 6.07) is 6.75. The van der Waals surface area contributed by atoms with E-state index in [1.165, 1.54) is 6.92 Å². The number of Topliss-reactive ketones (excluding diaryl/α,β-unsaturated/α-hetero) is 1. The number of carbonyl (C=O) groups excluding carboxylic acids is 2. The van der Waals surface area contributed by atoms with Crippen molar-refractivity contribution < 1.29 is 14.3 Å². The summed E-state index contributed by atoms with van der Waals surface area (Å²) in [5.41, 5.74) is 0.634. The van der Waals surface area contributed by atoms with E-state index in [0.29, 0.717) is 17.9 Å². The van der Waals surface area contributed by atoms with E-state index in [4.69, 9.17) is 4.74 Å². The van der Waals surface area contributed by atoms with Gasteiger partial charge in [-0.1, -0.05) is 0 Å². The molecule has 1 aromatic carbocycles. The Morgan fingerprint density at radius 3 is 2.29 bits per heavy atom. The number of hydrogen-bond donors (Lipinski definition) is 0. The molecule has 0 heterocycles. The van der Waals surface area contributed by atoms with Gasteiger partial charge in [-0.2, -0.15) is 0 Å². The van der Waals surface area contributed by atoms with Crippen molar-refractivity contribution in [3.05, 3.63) is 29.8 Å². The predicted octanol–water partition coefficient (Wildman–Crippen LogP) is 1.75. The van der Waals surface area contributed by atoms with Gasteiger partial charge in [-0.25, -0.2) is 0 Å². The molecular formula is C13H17NO3. The average Bonchev–Trinajstić information content (AvgIpc) is 2.35. The third-order valence-corrected chi connectivity index (χ3v) is 2.52. The van der Waals surface area contributed by atoms with E-state index in [-0.39, 0.29) is 18.3 Å². The fourth-order valence-electron chi connectivity index (χ4n) is 1.22. The molecule has 0 aliphatic rings. The number of amides is 1. The maximum Gasteiger partial charge on any atom is 0.260 e. The first-order chi connectivity index (χ1) is 8.04. The van der Waals surface area contributed by atoms with Crippen LogP contribution >= 0.6 is 0 Å². The van der Waals surface area contributed by atoms with Gasteiger partial charge in [-0.3, -0.25) is 9.59 Å². The Bertz CT molecular complexity index is 398. The maximum absolute atomic E-state index is 11.5. The number of hydrogen-bond acceptors (Lipinski definition) is 3. The minimum absolute atomic E-state index is 0.0124. The zero-order chi connectivity index (χ0) is 12.8. The lowest BCUT2D eigenvalue weighted by Gasteiger charge is -2.14. The van der Waals surface area contributed by atoms with Crippen molar-refractivity contribution in [2.75, 3.05) is 20.2 Å². The Kier molecular flexibility index (Phi) is 4.69. The molecule has 0 aromatic heterocycles. The molecule has 0 bridgehead atoms. The zero-order valence-electron chi connectivity index (χ0n) is 10.4. The molecule has 1 amide bonds. The van der Waals surface area contributed by atoms with Gasteiger partial charge in [0.2, 0.25) is 0 Å². The standard InChI is InChI=1S/C13H17NO3/c1-4-14(3)13(16)9-17-12-7-5-11(6-8-12)10(2)15/h5-8H,4,9H2,1-3H3. The first kappa shape index (κ1) is 13.2. The predicted molar refractivity (Wildman–Crippen MR) is 65.3 cm³/mol. The van der Waals surface area contributed by atoms with Gasteiger partial charge in [-0.15, -0.1) is 0 Å². The molecule has 0 aliphatic heterocycles. The monoisotopic (exact) mass is 235 g/mol. The molecule has 0 saturated heterocycles. The van der Waals surface area contributed by atoms with Crippen molar-refractivity contribution in [1.82, 2.24) is 4.90 Å². The smallest absolute Gasteiger partial charge is 0.260 e. The van der Waals surface area contributed by atoms with Crippen LogP contribution in [0.5, 0.6) is 5.75 Å². The normalized spacial score (nSPS) is 9.82. The van der Waals surface area contributed by atoms with Crippen molar-refractivity contribution in [1.29, 1.82) is 0 Å². The number of carbonyl (C=O) groups is 2. The second-order valence-electron chi connectivity index (χ2n) is 3.78. The van der Waals surface area contributed by atoms with E-state index in [1.807, 2.05) is 6.92 Å². The Morgan fingerprint density at radius 2 is 1.82 bits per heavy atom. The first-order valence-electron chi connectivity index (χ1n) is 5.52.